The summed E-state index contributed by atoms with van der Waals surface area (Å²) in [5.74, 6) is -0.189. The van der Waals surface area contributed by atoms with Crippen LogP contribution in [0.25, 0.3) is 0 Å². The molecule has 0 spiro atoms. The molecule has 0 aliphatic carbocycles. The molecule has 130 valence electrons. The van der Waals surface area contributed by atoms with E-state index in [4.69, 9.17) is 5.73 Å². The number of carbonyl (C=O) groups is 2. The van der Waals surface area contributed by atoms with Gasteiger partial charge in [-0.15, -0.1) is 0 Å². The summed E-state index contributed by atoms with van der Waals surface area (Å²) in [6.07, 6.45) is 4.25. The van der Waals surface area contributed by atoms with Crippen LogP contribution in [0.4, 0.5) is 11.4 Å². The standard InChI is InChI=1S/C18H26N4O2/c19-18(24)13-7-10-22(11-8-13)16-6-2-1-5-15(16)21-17(23)12-14-4-3-9-20-14/h1-2,5-6,13-14,20H,3-4,7-12H2,(H2,19,24)(H,21,23). The fourth-order valence-electron chi connectivity index (χ4n) is 3.62. The van der Waals surface area contributed by atoms with E-state index >= 15 is 0 Å². The molecule has 2 saturated heterocycles. The van der Waals surface area contributed by atoms with Crippen LogP contribution in [-0.2, 0) is 9.59 Å². The van der Waals surface area contributed by atoms with Crippen molar-refractivity contribution in [3.8, 4) is 0 Å². The molecule has 0 aromatic heterocycles. The zero-order valence-electron chi connectivity index (χ0n) is 14.0. The maximum absolute atomic E-state index is 12.3. The summed E-state index contributed by atoms with van der Waals surface area (Å²) in [7, 11) is 0. The van der Waals surface area contributed by atoms with Crippen LogP contribution < -0.4 is 21.3 Å². The molecule has 2 heterocycles. The number of carbonyl (C=O) groups excluding carboxylic acids is 2. The number of nitrogens with one attached hydrogen (secondary N) is 2. The van der Waals surface area contributed by atoms with Crippen LogP contribution in [0.2, 0.25) is 0 Å². The number of nitrogens with two attached hydrogens (primary N) is 1. The predicted octanol–water partition coefficient (Wildman–Crippen LogP) is 1.47. The van der Waals surface area contributed by atoms with Crippen LogP contribution in [0.1, 0.15) is 32.1 Å². The Bertz CT molecular complexity index is 590. The van der Waals surface area contributed by atoms with E-state index in [9.17, 15) is 9.59 Å². The first-order valence-electron chi connectivity index (χ1n) is 8.80. The molecule has 2 aliphatic rings. The zero-order valence-corrected chi connectivity index (χ0v) is 14.0. The number of hydrogen-bond donors (Lipinski definition) is 3. The van der Waals surface area contributed by atoms with Crippen molar-refractivity contribution in [1.29, 1.82) is 0 Å². The lowest BCUT2D eigenvalue weighted by molar-refractivity contribution is -0.122. The molecule has 2 amide bonds. The second kappa shape index (κ2) is 7.66. The summed E-state index contributed by atoms with van der Waals surface area (Å²) in [5.41, 5.74) is 7.27. The molecule has 1 atom stereocenters. The Hall–Kier alpha value is -2.08. The van der Waals surface area contributed by atoms with Crippen molar-refractivity contribution >= 4 is 23.2 Å². The molecule has 4 N–H and O–H groups in total. The summed E-state index contributed by atoms with van der Waals surface area (Å²) in [4.78, 5) is 25.9. The molecule has 1 unspecified atom stereocenters. The van der Waals surface area contributed by atoms with Gasteiger partial charge in [-0.2, -0.15) is 0 Å². The minimum absolute atomic E-state index is 0.0311. The Morgan fingerprint density at radius 1 is 1.21 bits per heavy atom. The average molecular weight is 330 g/mol. The van der Waals surface area contributed by atoms with Gasteiger partial charge in [-0.05, 0) is 44.4 Å². The van der Waals surface area contributed by atoms with Gasteiger partial charge in [0.15, 0.2) is 0 Å². The molecule has 24 heavy (non-hydrogen) atoms. The number of piperidine rings is 1. The van der Waals surface area contributed by atoms with Crippen molar-refractivity contribution in [2.24, 2.45) is 11.7 Å². The third kappa shape index (κ3) is 4.06. The van der Waals surface area contributed by atoms with Crippen LogP contribution in [0.3, 0.4) is 0 Å². The molecular formula is C18H26N4O2. The van der Waals surface area contributed by atoms with E-state index in [0.717, 1.165) is 56.7 Å². The van der Waals surface area contributed by atoms with E-state index in [2.05, 4.69) is 15.5 Å². The summed E-state index contributed by atoms with van der Waals surface area (Å²) >= 11 is 0. The first-order valence-corrected chi connectivity index (χ1v) is 8.80. The van der Waals surface area contributed by atoms with E-state index in [1.807, 2.05) is 24.3 Å². The number of hydrogen-bond acceptors (Lipinski definition) is 4. The number of nitrogens with zero attached hydrogens (tertiary/aromatic N) is 1. The van der Waals surface area contributed by atoms with Gasteiger partial charge in [0, 0.05) is 31.5 Å². The molecule has 0 radical (unpaired) electrons. The first-order chi connectivity index (χ1) is 11.6. The Morgan fingerprint density at radius 2 is 1.96 bits per heavy atom. The highest BCUT2D eigenvalue weighted by atomic mass is 16.2. The fraction of sp³-hybridized carbons (Fsp3) is 0.556. The lowest BCUT2D eigenvalue weighted by Crippen LogP contribution is -2.39. The monoisotopic (exact) mass is 330 g/mol. The highest BCUT2D eigenvalue weighted by Crippen LogP contribution is 2.30. The Labute approximate surface area is 142 Å². The van der Waals surface area contributed by atoms with Gasteiger partial charge in [0.05, 0.1) is 11.4 Å². The summed E-state index contributed by atoms with van der Waals surface area (Å²) < 4.78 is 0. The summed E-state index contributed by atoms with van der Waals surface area (Å²) in [6.45, 7) is 2.57. The quantitative estimate of drug-likeness (QED) is 0.763. The first kappa shape index (κ1) is 16.8. The zero-order chi connectivity index (χ0) is 16.9. The van der Waals surface area contributed by atoms with E-state index < -0.39 is 0 Å². The van der Waals surface area contributed by atoms with Crippen molar-refractivity contribution in [3.05, 3.63) is 24.3 Å². The van der Waals surface area contributed by atoms with Crippen LogP contribution in [0, 0.1) is 5.92 Å². The SMILES string of the molecule is NC(=O)C1CCN(c2ccccc2NC(=O)CC2CCCN2)CC1. The van der Waals surface area contributed by atoms with Gasteiger partial charge in [0.2, 0.25) is 11.8 Å². The van der Waals surface area contributed by atoms with Gasteiger partial charge in [-0.25, -0.2) is 0 Å². The van der Waals surface area contributed by atoms with E-state index in [0.29, 0.717) is 12.5 Å². The lowest BCUT2D eigenvalue weighted by atomic mass is 9.96. The van der Waals surface area contributed by atoms with Gasteiger partial charge < -0.3 is 21.3 Å². The summed E-state index contributed by atoms with van der Waals surface area (Å²) in [6, 6.07) is 8.17. The van der Waals surface area contributed by atoms with Crippen LogP contribution in [0.5, 0.6) is 0 Å². The topological polar surface area (TPSA) is 87.5 Å². The molecule has 1 aromatic carbocycles. The molecule has 6 nitrogen and oxygen atoms in total. The minimum Gasteiger partial charge on any atom is -0.370 e. The van der Waals surface area contributed by atoms with Gasteiger partial charge in [0.1, 0.15) is 0 Å². The molecule has 2 fully saturated rings. The number of benzene rings is 1. The minimum atomic E-state index is -0.208. The number of para-hydroxylation sites is 2. The van der Waals surface area contributed by atoms with Gasteiger partial charge in [-0.3, -0.25) is 9.59 Å². The van der Waals surface area contributed by atoms with Crippen LogP contribution >= 0.6 is 0 Å². The van der Waals surface area contributed by atoms with Gasteiger partial charge in [0.25, 0.3) is 0 Å². The smallest absolute Gasteiger partial charge is 0.225 e. The van der Waals surface area contributed by atoms with Crippen molar-refractivity contribution in [1.82, 2.24) is 5.32 Å². The highest BCUT2D eigenvalue weighted by Gasteiger charge is 2.25. The molecule has 2 aliphatic heterocycles. The fourth-order valence-corrected chi connectivity index (χ4v) is 3.62. The molecular weight excluding hydrogens is 304 g/mol. The van der Waals surface area contributed by atoms with Crippen molar-refractivity contribution < 1.29 is 9.59 Å². The average Bonchev–Trinajstić information content (AvgIpc) is 3.08. The van der Waals surface area contributed by atoms with Crippen molar-refractivity contribution in [3.63, 3.8) is 0 Å². The number of anilines is 2. The predicted molar refractivity (Wildman–Crippen MR) is 94.8 cm³/mol. The van der Waals surface area contributed by atoms with E-state index in [-0.39, 0.29) is 17.7 Å². The number of primary amides is 1. The van der Waals surface area contributed by atoms with Gasteiger partial charge >= 0.3 is 0 Å². The van der Waals surface area contributed by atoms with Crippen molar-refractivity contribution in [2.75, 3.05) is 29.9 Å². The normalized spacial score (nSPS) is 21.7. The molecule has 0 bridgehead atoms. The lowest BCUT2D eigenvalue weighted by Gasteiger charge is -2.33. The van der Waals surface area contributed by atoms with Crippen LogP contribution in [0.15, 0.2) is 24.3 Å². The van der Waals surface area contributed by atoms with E-state index in [1.165, 1.54) is 0 Å². The largest absolute Gasteiger partial charge is 0.370 e. The molecule has 6 heteroatoms. The third-order valence-corrected chi connectivity index (χ3v) is 5.01. The molecule has 3 rings (SSSR count). The maximum Gasteiger partial charge on any atom is 0.225 e. The Morgan fingerprint density at radius 3 is 2.62 bits per heavy atom. The number of rotatable bonds is 5. The second-order valence-corrected chi connectivity index (χ2v) is 6.73. The number of amides is 2. The Balaban J connectivity index is 1.62. The summed E-state index contributed by atoms with van der Waals surface area (Å²) in [5, 5.41) is 6.41. The van der Waals surface area contributed by atoms with E-state index in [1.54, 1.807) is 0 Å². The van der Waals surface area contributed by atoms with Crippen molar-refractivity contribution in [2.45, 2.75) is 38.1 Å². The Kier molecular flexibility index (Phi) is 5.35. The van der Waals surface area contributed by atoms with Gasteiger partial charge in [-0.1, -0.05) is 12.1 Å². The highest BCUT2D eigenvalue weighted by molar-refractivity contribution is 5.94. The second-order valence-electron chi connectivity index (χ2n) is 6.73. The molecule has 1 aromatic rings. The molecule has 0 saturated carbocycles. The maximum atomic E-state index is 12.3. The van der Waals surface area contributed by atoms with Crippen LogP contribution in [-0.4, -0.2) is 37.5 Å². The third-order valence-electron chi connectivity index (χ3n) is 5.01.